The summed E-state index contributed by atoms with van der Waals surface area (Å²) in [6, 6.07) is 2.47. The Morgan fingerprint density at radius 2 is 2.44 bits per heavy atom. The van der Waals surface area contributed by atoms with Crippen molar-refractivity contribution in [3.63, 3.8) is 0 Å². The zero-order valence-electron chi connectivity index (χ0n) is 9.75. The van der Waals surface area contributed by atoms with Gasteiger partial charge >= 0.3 is 0 Å². The first-order chi connectivity index (χ1) is 7.59. The van der Waals surface area contributed by atoms with Gasteiger partial charge < -0.3 is 5.32 Å². The maximum absolute atomic E-state index is 5.95. The summed E-state index contributed by atoms with van der Waals surface area (Å²) in [6.07, 6.45) is 2.70. The number of thiophene rings is 1. The molecule has 1 aliphatic heterocycles. The minimum absolute atomic E-state index is 0.404. The van der Waals surface area contributed by atoms with Crippen molar-refractivity contribution < 1.29 is 0 Å². The molecule has 1 N–H and O–H groups in total. The number of hydrogen-bond acceptors (Lipinski definition) is 3. The average molecular weight is 276 g/mol. The zero-order valence-corrected chi connectivity index (χ0v) is 12.1. The first kappa shape index (κ1) is 12.7. The van der Waals surface area contributed by atoms with E-state index in [1.807, 2.05) is 0 Å². The first-order valence-corrected chi connectivity index (χ1v) is 7.95. The Hall–Kier alpha value is 0.300. The SMILES string of the molecule is CC(NCC1(C)CCCS1)c1csc(Cl)c1. The van der Waals surface area contributed by atoms with Crippen molar-refractivity contribution in [1.29, 1.82) is 0 Å². The van der Waals surface area contributed by atoms with Crippen LogP contribution in [0.2, 0.25) is 4.34 Å². The molecule has 2 rings (SSSR count). The molecule has 2 unspecified atom stereocenters. The number of hydrogen-bond donors (Lipinski definition) is 1. The van der Waals surface area contributed by atoms with E-state index < -0.39 is 0 Å². The third-order valence-corrected chi connectivity index (χ3v) is 5.82. The monoisotopic (exact) mass is 275 g/mol. The van der Waals surface area contributed by atoms with Gasteiger partial charge in [0.25, 0.3) is 0 Å². The topological polar surface area (TPSA) is 12.0 Å². The predicted octanol–water partition coefficient (Wildman–Crippen LogP) is 4.34. The maximum atomic E-state index is 5.95. The fourth-order valence-corrected chi connectivity index (χ4v) is 4.25. The fraction of sp³-hybridized carbons (Fsp3) is 0.667. The molecule has 1 aliphatic rings. The highest BCUT2D eigenvalue weighted by molar-refractivity contribution is 8.00. The van der Waals surface area contributed by atoms with Crippen LogP contribution in [-0.2, 0) is 0 Å². The normalized spacial score (nSPS) is 27.2. The molecule has 1 saturated heterocycles. The molecule has 1 aromatic heterocycles. The molecule has 1 aromatic rings. The summed E-state index contributed by atoms with van der Waals surface area (Å²) in [6.45, 7) is 5.67. The highest BCUT2D eigenvalue weighted by Gasteiger charge is 2.29. The van der Waals surface area contributed by atoms with Crippen molar-refractivity contribution in [3.05, 3.63) is 21.3 Å². The van der Waals surface area contributed by atoms with Gasteiger partial charge in [0.1, 0.15) is 0 Å². The molecule has 0 spiro atoms. The third-order valence-electron chi connectivity index (χ3n) is 3.17. The van der Waals surface area contributed by atoms with Gasteiger partial charge in [-0.15, -0.1) is 11.3 Å². The molecule has 0 aliphatic carbocycles. The van der Waals surface area contributed by atoms with Crippen LogP contribution in [0.15, 0.2) is 11.4 Å². The number of rotatable bonds is 4. The minimum Gasteiger partial charge on any atom is -0.309 e. The molecule has 0 aromatic carbocycles. The molecule has 0 amide bonds. The van der Waals surface area contributed by atoms with Crippen LogP contribution in [0.5, 0.6) is 0 Å². The lowest BCUT2D eigenvalue weighted by Crippen LogP contribution is -2.34. The lowest BCUT2D eigenvalue weighted by molar-refractivity contribution is 0.491. The van der Waals surface area contributed by atoms with E-state index in [2.05, 4.69) is 42.4 Å². The second-order valence-electron chi connectivity index (χ2n) is 4.69. The Labute approximate surface area is 111 Å². The van der Waals surface area contributed by atoms with Gasteiger partial charge in [0.15, 0.2) is 0 Å². The van der Waals surface area contributed by atoms with Crippen LogP contribution in [0.25, 0.3) is 0 Å². The average Bonchev–Trinajstić information content (AvgIpc) is 2.85. The quantitative estimate of drug-likeness (QED) is 0.877. The van der Waals surface area contributed by atoms with Gasteiger partial charge in [0.05, 0.1) is 4.34 Å². The highest BCUT2D eigenvalue weighted by atomic mass is 35.5. The first-order valence-electron chi connectivity index (χ1n) is 5.70. The van der Waals surface area contributed by atoms with E-state index in [1.165, 1.54) is 24.2 Å². The molecular formula is C12H18ClNS2. The molecule has 16 heavy (non-hydrogen) atoms. The zero-order chi connectivity index (χ0) is 11.6. The van der Waals surface area contributed by atoms with E-state index in [0.717, 1.165) is 10.9 Å². The molecule has 0 saturated carbocycles. The van der Waals surface area contributed by atoms with Gasteiger partial charge in [-0.25, -0.2) is 0 Å². The summed E-state index contributed by atoms with van der Waals surface area (Å²) in [7, 11) is 0. The van der Waals surface area contributed by atoms with Crippen LogP contribution in [0.3, 0.4) is 0 Å². The van der Waals surface area contributed by atoms with Gasteiger partial charge in [0, 0.05) is 17.3 Å². The summed E-state index contributed by atoms with van der Waals surface area (Å²) in [4.78, 5) is 0. The van der Waals surface area contributed by atoms with Crippen LogP contribution >= 0.6 is 34.7 Å². The van der Waals surface area contributed by atoms with E-state index in [1.54, 1.807) is 11.3 Å². The Morgan fingerprint density at radius 3 is 3.00 bits per heavy atom. The molecule has 2 atom stereocenters. The molecular weight excluding hydrogens is 258 g/mol. The predicted molar refractivity (Wildman–Crippen MR) is 75.8 cm³/mol. The summed E-state index contributed by atoms with van der Waals surface area (Å²) >= 11 is 9.66. The van der Waals surface area contributed by atoms with Crippen molar-refractivity contribution in [2.45, 2.75) is 37.5 Å². The molecule has 1 fully saturated rings. The van der Waals surface area contributed by atoms with Gasteiger partial charge in [-0.2, -0.15) is 11.8 Å². The van der Waals surface area contributed by atoms with Crippen molar-refractivity contribution in [3.8, 4) is 0 Å². The Kier molecular flexibility index (Phi) is 4.22. The second-order valence-corrected chi connectivity index (χ2v) is 7.91. The Morgan fingerprint density at radius 1 is 1.62 bits per heavy atom. The lowest BCUT2D eigenvalue weighted by atomic mass is 10.0. The Bertz CT molecular complexity index is 345. The summed E-state index contributed by atoms with van der Waals surface area (Å²) in [5.41, 5.74) is 1.31. The van der Waals surface area contributed by atoms with Crippen LogP contribution in [0.4, 0.5) is 0 Å². The lowest BCUT2D eigenvalue weighted by Gasteiger charge is -2.25. The number of thioether (sulfide) groups is 1. The van der Waals surface area contributed by atoms with Crippen LogP contribution < -0.4 is 5.32 Å². The molecule has 0 bridgehead atoms. The summed E-state index contributed by atoms with van der Waals surface area (Å²) in [5, 5.41) is 5.76. The smallest absolute Gasteiger partial charge is 0.0931 e. The standard InChI is InChI=1S/C12H18ClNS2/c1-9(10-6-11(13)15-7-10)14-8-12(2)4-3-5-16-12/h6-7,9,14H,3-5,8H2,1-2H3. The Balaban J connectivity index is 1.86. The summed E-state index contributed by atoms with van der Waals surface area (Å²) < 4.78 is 1.32. The summed E-state index contributed by atoms with van der Waals surface area (Å²) in [5.74, 6) is 1.32. The minimum atomic E-state index is 0.404. The molecule has 0 radical (unpaired) electrons. The fourth-order valence-electron chi connectivity index (χ4n) is 2.01. The molecule has 2 heterocycles. The van der Waals surface area contributed by atoms with Crippen molar-refractivity contribution in [1.82, 2.24) is 5.32 Å². The van der Waals surface area contributed by atoms with E-state index in [0.29, 0.717) is 10.8 Å². The molecule has 1 nitrogen and oxygen atoms in total. The van der Waals surface area contributed by atoms with Crippen LogP contribution in [0, 0.1) is 0 Å². The highest BCUT2D eigenvalue weighted by Crippen LogP contribution is 2.37. The van der Waals surface area contributed by atoms with Crippen molar-refractivity contribution in [2.75, 3.05) is 12.3 Å². The van der Waals surface area contributed by atoms with Crippen molar-refractivity contribution in [2.24, 2.45) is 0 Å². The van der Waals surface area contributed by atoms with E-state index in [4.69, 9.17) is 11.6 Å². The van der Waals surface area contributed by atoms with Gasteiger partial charge in [-0.3, -0.25) is 0 Å². The van der Waals surface area contributed by atoms with Gasteiger partial charge in [-0.1, -0.05) is 11.6 Å². The number of halogens is 1. The third kappa shape index (κ3) is 3.16. The second kappa shape index (κ2) is 5.30. The maximum Gasteiger partial charge on any atom is 0.0931 e. The van der Waals surface area contributed by atoms with E-state index in [9.17, 15) is 0 Å². The van der Waals surface area contributed by atoms with Gasteiger partial charge in [-0.05, 0) is 49.5 Å². The number of nitrogens with one attached hydrogen (secondary N) is 1. The molecule has 4 heteroatoms. The largest absolute Gasteiger partial charge is 0.309 e. The van der Waals surface area contributed by atoms with Crippen LogP contribution in [-0.4, -0.2) is 17.0 Å². The van der Waals surface area contributed by atoms with E-state index >= 15 is 0 Å². The van der Waals surface area contributed by atoms with Gasteiger partial charge in [0.2, 0.25) is 0 Å². The molecule has 90 valence electrons. The van der Waals surface area contributed by atoms with Crippen LogP contribution in [0.1, 0.15) is 38.3 Å². The van der Waals surface area contributed by atoms with Crippen molar-refractivity contribution >= 4 is 34.7 Å². The van der Waals surface area contributed by atoms with E-state index in [-0.39, 0.29) is 0 Å².